The number of nitrogens with one attached hydrogen (secondary N) is 1. The molecule has 0 fully saturated rings. The predicted octanol–water partition coefficient (Wildman–Crippen LogP) is 5.60. The fraction of sp³-hybridized carbons (Fsp3) is 0.125. The molecular weight excluding hydrogens is 462 g/mol. The van der Waals surface area contributed by atoms with E-state index >= 15 is 0 Å². The standard InChI is InChI=1S/C16H12Br3NO/c1-2-7-21-16-6-4-12(17)8-11(16)10-20-15-5-3-13(18)9-14(15)19/h1,3-6,8-9,20H,7,10H2. The lowest BCUT2D eigenvalue weighted by Gasteiger charge is -2.13. The van der Waals surface area contributed by atoms with Gasteiger partial charge < -0.3 is 10.1 Å². The van der Waals surface area contributed by atoms with Gasteiger partial charge in [-0.3, -0.25) is 0 Å². The first-order chi connectivity index (χ1) is 10.1. The summed E-state index contributed by atoms with van der Waals surface area (Å²) >= 11 is 10.5. The first-order valence-corrected chi connectivity index (χ1v) is 8.51. The molecule has 5 heteroatoms. The Morgan fingerprint density at radius 3 is 2.48 bits per heavy atom. The highest BCUT2D eigenvalue weighted by molar-refractivity contribution is 9.11. The summed E-state index contributed by atoms with van der Waals surface area (Å²) in [7, 11) is 0. The van der Waals surface area contributed by atoms with Crippen molar-refractivity contribution in [3.05, 3.63) is 55.4 Å². The highest BCUT2D eigenvalue weighted by Gasteiger charge is 2.06. The topological polar surface area (TPSA) is 21.3 Å². The second-order valence-electron chi connectivity index (χ2n) is 4.22. The molecule has 21 heavy (non-hydrogen) atoms. The zero-order valence-corrected chi connectivity index (χ0v) is 15.8. The molecule has 0 unspecified atom stereocenters. The normalized spacial score (nSPS) is 10.0. The van der Waals surface area contributed by atoms with Gasteiger partial charge in [0.1, 0.15) is 12.4 Å². The van der Waals surface area contributed by atoms with Crippen LogP contribution in [0.1, 0.15) is 5.56 Å². The zero-order chi connectivity index (χ0) is 15.2. The SMILES string of the molecule is C#CCOc1ccc(Br)cc1CNc1ccc(Br)cc1Br. The molecule has 0 saturated carbocycles. The number of halogens is 3. The van der Waals surface area contributed by atoms with Gasteiger partial charge in [-0.2, -0.15) is 0 Å². The minimum atomic E-state index is 0.261. The molecular formula is C16H12Br3NO. The van der Waals surface area contributed by atoms with E-state index in [0.717, 1.165) is 30.4 Å². The van der Waals surface area contributed by atoms with E-state index in [2.05, 4.69) is 59.0 Å². The Balaban J connectivity index is 2.15. The predicted molar refractivity (Wildman–Crippen MR) is 97.6 cm³/mol. The Morgan fingerprint density at radius 2 is 1.76 bits per heavy atom. The highest BCUT2D eigenvalue weighted by atomic mass is 79.9. The average molecular weight is 474 g/mol. The lowest BCUT2D eigenvalue weighted by molar-refractivity contribution is 0.366. The van der Waals surface area contributed by atoms with Crippen LogP contribution in [0.4, 0.5) is 5.69 Å². The van der Waals surface area contributed by atoms with Crippen molar-refractivity contribution in [1.82, 2.24) is 0 Å². The first kappa shape index (κ1) is 16.4. The van der Waals surface area contributed by atoms with E-state index in [1.165, 1.54) is 0 Å². The van der Waals surface area contributed by atoms with Crippen LogP contribution >= 0.6 is 47.8 Å². The van der Waals surface area contributed by atoms with Crippen molar-refractivity contribution in [1.29, 1.82) is 0 Å². The van der Waals surface area contributed by atoms with Crippen molar-refractivity contribution in [3.63, 3.8) is 0 Å². The number of hydrogen-bond acceptors (Lipinski definition) is 2. The summed E-state index contributed by atoms with van der Waals surface area (Å²) < 4.78 is 8.59. The number of ether oxygens (including phenoxy) is 1. The molecule has 0 aliphatic heterocycles. The van der Waals surface area contributed by atoms with Crippen LogP contribution in [0, 0.1) is 12.3 Å². The van der Waals surface area contributed by atoms with E-state index in [1.807, 2.05) is 36.4 Å². The molecule has 0 amide bonds. The lowest BCUT2D eigenvalue weighted by atomic mass is 10.2. The molecule has 108 valence electrons. The molecule has 0 aliphatic carbocycles. The maximum Gasteiger partial charge on any atom is 0.148 e. The average Bonchev–Trinajstić information content (AvgIpc) is 2.45. The number of hydrogen-bond donors (Lipinski definition) is 1. The van der Waals surface area contributed by atoms with Gasteiger partial charge in [0.05, 0.1) is 0 Å². The van der Waals surface area contributed by atoms with Gasteiger partial charge in [-0.25, -0.2) is 0 Å². The van der Waals surface area contributed by atoms with Crippen LogP contribution in [0.2, 0.25) is 0 Å². The van der Waals surface area contributed by atoms with Gasteiger partial charge in [-0.1, -0.05) is 37.8 Å². The minimum Gasteiger partial charge on any atom is -0.481 e. The van der Waals surface area contributed by atoms with E-state index in [4.69, 9.17) is 11.2 Å². The van der Waals surface area contributed by atoms with Crippen LogP contribution in [-0.4, -0.2) is 6.61 Å². The highest BCUT2D eigenvalue weighted by Crippen LogP contribution is 2.28. The zero-order valence-electron chi connectivity index (χ0n) is 11.0. The third-order valence-electron chi connectivity index (χ3n) is 2.73. The Bertz CT molecular complexity index is 680. The van der Waals surface area contributed by atoms with E-state index in [0.29, 0.717) is 6.54 Å². The van der Waals surface area contributed by atoms with Crippen molar-refractivity contribution < 1.29 is 4.74 Å². The van der Waals surface area contributed by atoms with Crippen molar-refractivity contribution in [2.24, 2.45) is 0 Å². The molecule has 0 atom stereocenters. The van der Waals surface area contributed by atoms with Crippen molar-refractivity contribution in [2.75, 3.05) is 11.9 Å². The molecule has 0 spiro atoms. The van der Waals surface area contributed by atoms with Crippen LogP contribution in [0.25, 0.3) is 0 Å². The smallest absolute Gasteiger partial charge is 0.148 e. The van der Waals surface area contributed by atoms with Crippen molar-refractivity contribution in [2.45, 2.75) is 6.54 Å². The largest absolute Gasteiger partial charge is 0.481 e. The summed E-state index contributed by atoms with van der Waals surface area (Å²) in [5.74, 6) is 3.27. The van der Waals surface area contributed by atoms with Crippen LogP contribution in [-0.2, 0) is 6.54 Å². The molecule has 1 N–H and O–H groups in total. The maximum atomic E-state index is 5.56. The van der Waals surface area contributed by atoms with Crippen molar-refractivity contribution >= 4 is 53.5 Å². The number of terminal acetylenes is 1. The summed E-state index contributed by atoms with van der Waals surface area (Å²) in [6, 6.07) is 11.9. The third kappa shape index (κ3) is 4.77. The molecule has 2 aromatic carbocycles. The third-order valence-corrected chi connectivity index (χ3v) is 4.38. The first-order valence-electron chi connectivity index (χ1n) is 6.14. The molecule has 2 aromatic rings. The maximum absolute atomic E-state index is 5.56. The lowest BCUT2D eigenvalue weighted by Crippen LogP contribution is -2.04. The molecule has 2 nitrogen and oxygen atoms in total. The van der Waals surface area contributed by atoms with E-state index in [1.54, 1.807) is 0 Å². The van der Waals surface area contributed by atoms with Gasteiger partial charge in [-0.05, 0) is 52.3 Å². The molecule has 0 aliphatic rings. The molecule has 0 bridgehead atoms. The van der Waals surface area contributed by atoms with Crippen LogP contribution in [0.5, 0.6) is 5.75 Å². The van der Waals surface area contributed by atoms with Crippen molar-refractivity contribution in [3.8, 4) is 18.1 Å². The molecule has 0 heterocycles. The van der Waals surface area contributed by atoms with Gasteiger partial charge in [0, 0.05) is 31.2 Å². The van der Waals surface area contributed by atoms with Crippen LogP contribution in [0.3, 0.4) is 0 Å². The quantitative estimate of drug-likeness (QED) is 0.571. The number of anilines is 1. The fourth-order valence-corrected chi connectivity index (χ4v) is 3.37. The minimum absolute atomic E-state index is 0.261. The second-order valence-corrected chi connectivity index (χ2v) is 6.91. The van der Waals surface area contributed by atoms with E-state index in [9.17, 15) is 0 Å². The molecule has 0 saturated heterocycles. The fourth-order valence-electron chi connectivity index (χ4n) is 1.77. The van der Waals surface area contributed by atoms with Gasteiger partial charge in [-0.15, -0.1) is 6.42 Å². The number of benzene rings is 2. The summed E-state index contributed by atoms with van der Waals surface area (Å²) in [4.78, 5) is 0. The van der Waals surface area contributed by atoms with Gasteiger partial charge in [0.15, 0.2) is 0 Å². The summed E-state index contributed by atoms with van der Waals surface area (Å²) in [6.45, 7) is 0.899. The Labute approximate surface area is 149 Å². The van der Waals surface area contributed by atoms with Gasteiger partial charge in [0.2, 0.25) is 0 Å². The summed E-state index contributed by atoms with van der Waals surface area (Å²) in [5.41, 5.74) is 2.05. The summed E-state index contributed by atoms with van der Waals surface area (Å²) in [5, 5.41) is 3.38. The second kappa shape index (κ2) is 7.88. The molecule has 2 rings (SSSR count). The van der Waals surface area contributed by atoms with Crippen LogP contribution in [0.15, 0.2) is 49.8 Å². The summed E-state index contributed by atoms with van der Waals surface area (Å²) in [6.07, 6.45) is 5.24. The molecule has 0 aromatic heterocycles. The monoisotopic (exact) mass is 471 g/mol. The Kier molecular flexibility index (Phi) is 6.16. The Hall–Kier alpha value is -0.960. The molecule has 0 radical (unpaired) electrons. The van der Waals surface area contributed by atoms with E-state index < -0.39 is 0 Å². The number of rotatable bonds is 5. The van der Waals surface area contributed by atoms with Gasteiger partial charge >= 0.3 is 0 Å². The van der Waals surface area contributed by atoms with Gasteiger partial charge in [0.25, 0.3) is 0 Å². The van der Waals surface area contributed by atoms with E-state index in [-0.39, 0.29) is 6.61 Å². The Morgan fingerprint density at radius 1 is 1.05 bits per heavy atom. The van der Waals surface area contributed by atoms with Crippen LogP contribution < -0.4 is 10.1 Å².